The summed E-state index contributed by atoms with van der Waals surface area (Å²) >= 11 is 12.2. The molecular weight excluding hydrogens is 559 g/mol. The second kappa shape index (κ2) is 14.9. The number of carbonyl (C=O) groups excluding carboxylic acids is 2. The number of guanidine groups is 1. The van der Waals surface area contributed by atoms with Gasteiger partial charge in [-0.3, -0.25) is 15.0 Å². The van der Waals surface area contributed by atoms with Crippen LogP contribution in [0.2, 0.25) is 10.0 Å². The van der Waals surface area contributed by atoms with Gasteiger partial charge in [0.15, 0.2) is 5.96 Å². The number of rotatable bonds is 11. The molecule has 0 unspecified atom stereocenters. The minimum Gasteiger partial charge on any atom is -0.370 e. The van der Waals surface area contributed by atoms with E-state index in [9.17, 15) is 9.59 Å². The normalized spacial score (nSPS) is 17.2. The molecule has 1 saturated heterocycles. The molecule has 1 fully saturated rings. The number of halogens is 2. The fraction of sp³-hybridized carbons (Fsp3) is 0.323. The van der Waals surface area contributed by atoms with Crippen molar-refractivity contribution in [2.45, 2.75) is 37.3 Å². The average Bonchev–Trinajstić information content (AvgIpc) is 3.11. The Morgan fingerprint density at radius 3 is 2.20 bits per heavy atom. The molecule has 8 nitrogen and oxygen atoms in total. The molecule has 216 valence electrons. The molecule has 0 radical (unpaired) electrons. The van der Waals surface area contributed by atoms with Gasteiger partial charge in [-0.2, -0.15) is 0 Å². The van der Waals surface area contributed by atoms with Crippen LogP contribution in [0.5, 0.6) is 0 Å². The Labute approximate surface area is 251 Å². The lowest BCUT2D eigenvalue weighted by Gasteiger charge is -2.29. The van der Waals surface area contributed by atoms with Crippen molar-refractivity contribution >= 4 is 41.0 Å². The summed E-state index contributed by atoms with van der Waals surface area (Å²) in [6.07, 6.45) is 1.88. The molecule has 0 aromatic heterocycles. The van der Waals surface area contributed by atoms with Gasteiger partial charge in [-0.05, 0) is 48.6 Å². The SMILES string of the molecule is N=C(N)NCCC[C@@H]1N[C@H](CNC(=O)c2cc(Cl)cc(Cl)c2)CCN(CC(c2ccccc2)c2ccccc2)C1=O. The molecule has 10 heteroatoms. The van der Waals surface area contributed by atoms with Crippen LogP contribution in [0.1, 0.15) is 46.7 Å². The first kappa shape index (κ1) is 30.4. The number of benzene rings is 3. The van der Waals surface area contributed by atoms with Gasteiger partial charge in [0.2, 0.25) is 5.91 Å². The standard InChI is InChI=1S/C31H36Cl2N6O2/c32-24-16-23(17-25(33)18-24)29(40)37-19-26-13-15-39(30(41)28(38-26)12-7-14-36-31(34)35)20-27(21-8-3-1-4-9-21)22-10-5-2-6-11-22/h1-6,8-11,16-18,26-28,38H,7,12-15,19-20H2,(H,37,40)(H4,34,35,36)/t26-,28-/m0/s1. The second-order valence-electron chi connectivity index (χ2n) is 10.2. The molecule has 1 aliphatic rings. The van der Waals surface area contributed by atoms with E-state index in [-0.39, 0.29) is 29.7 Å². The van der Waals surface area contributed by atoms with E-state index in [4.69, 9.17) is 34.3 Å². The monoisotopic (exact) mass is 594 g/mol. The molecule has 3 aromatic rings. The van der Waals surface area contributed by atoms with Crippen LogP contribution in [0.25, 0.3) is 0 Å². The van der Waals surface area contributed by atoms with Crippen LogP contribution >= 0.6 is 23.2 Å². The van der Waals surface area contributed by atoms with Gasteiger partial charge in [0.1, 0.15) is 0 Å². The third kappa shape index (κ3) is 8.95. The van der Waals surface area contributed by atoms with Crippen LogP contribution in [0.3, 0.4) is 0 Å². The van der Waals surface area contributed by atoms with E-state index in [1.54, 1.807) is 18.2 Å². The maximum Gasteiger partial charge on any atom is 0.251 e. The Kier molecular flexibility index (Phi) is 11.0. The molecule has 4 rings (SSSR count). The molecule has 1 heterocycles. The van der Waals surface area contributed by atoms with Crippen molar-refractivity contribution in [2.24, 2.45) is 5.73 Å². The van der Waals surface area contributed by atoms with Gasteiger partial charge >= 0.3 is 0 Å². The Morgan fingerprint density at radius 2 is 1.61 bits per heavy atom. The number of hydrogen-bond donors (Lipinski definition) is 5. The molecule has 2 atom stereocenters. The Bertz CT molecular complexity index is 1260. The molecule has 1 aliphatic heterocycles. The van der Waals surface area contributed by atoms with E-state index in [1.165, 1.54) is 0 Å². The van der Waals surface area contributed by atoms with Gasteiger partial charge in [0.25, 0.3) is 5.91 Å². The van der Waals surface area contributed by atoms with Gasteiger partial charge in [-0.25, -0.2) is 0 Å². The number of hydrogen-bond acceptors (Lipinski definition) is 4. The summed E-state index contributed by atoms with van der Waals surface area (Å²) in [5.41, 5.74) is 8.11. The molecule has 3 aromatic carbocycles. The lowest BCUT2D eigenvalue weighted by molar-refractivity contribution is -0.133. The summed E-state index contributed by atoms with van der Waals surface area (Å²) in [6, 6.07) is 24.6. The number of nitrogens with one attached hydrogen (secondary N) is 4. The summed E-state index contributed by atoms with van der Waals surface area (Å²) in [4.78, 5) is 28.7. The van der Waals surface area contributed by atoms with Gasteiger partial charge in [0, 0.05) is 53.7 Å². The lowest BCUT2D eigenvalue weighted by Crippen LogP contribution is -2.49. The smallest absolute Gasteiger partial charge is 0.251 e. The highest BCUT2D eigenvalue weighted by molar-refractivity contribution is 6.35. The van der Waals surface area contributed by atoms with Crippen LogP contribution in [-0.2, 0) is 4.79 Å². The van der Waals surface area contributed by atoms with Crippen molar-refractivity contribution in [1.29, 1.82) is 5.41 Å². The lowest BCUT2D eigenvalue weighted by atomic mass is 9.90. The van der Waals surface area contributed by atoms with E-state index >= 15 is 0 Å². The molecule has 41 heavy (non-hydrogen) atoms. The summed E-state index contributed by atoms with van der Waals surface area (Å²) < 4.78 is 0. The Hall–Kier alpha value is -3.59. The van der Waals surface area contributed by atoms with Crippen molar-refractivity contribution < 1.29 is 9.59 Å². The highest BCUT2D eigenvalue weighted by atomic mass is 35.5. The zero-order valence-electron chi connectivity index (χ0n) is 22.8. The van der Waals surface area contributed by atoms with E-state index in [1.807, 2.05) is 41.3 Å². The highest BCUT2D eigenvalue weighted by Crippen LogP contribution is 2.27. The first-order valence-corrected chi connectivity index (χ1v) is 14.5. The zero-order chi connectivity index (χ0) is 29.2. The van der Waals surface area contributed by atoms with Gasteiger partial charge < -0.3 is 26.6 Å². The highest BCUT2D eigenvalue weighted by Gasteiger charge is 2.32. The first-order valence-electron chi connectivity index (χ1n) is 13.8. The van der Waals surface area contributed by atoms with Crippen LogP contribution in [-0.4, -0.2) is 60.9 Å². The molecule has 0 bridgehead atoms. The molecule has 0 saturated carbocycles. The number of carbonyl (C=O) groups is 2. The zero-order valence-corrected chi connectivity index (χ0v) is 24.3. The third-order valence-electron chi connectivity index (χ3n) is 7.22. The maximum atomic E-state index is 13.9. The molecule has 2 amide bonds. The van der Waals surface area contributed by atoms with Gasteiger partial charge in [-0.15, -0.1) is 0 Å². The van der Waals surface area contributed by atoms with Crippen LogP contribution in [0.4, 0.5) is 0 Å². The van der Waals surface area contributed by atoms with Crippen molar-refractivity contribution in [2.75, 3.05) is 26.2 Å². The summed E-state index contributed by atoms with van der Waals surface area (Å²) in [5, 5.41) is 17.5. The fourth-order valence-corrected chi connectivity index (χ4v) is 5.68. The van der Waals surface area contributed by atoms with Crippen molar-refractivity contribution in [3.63, 3.8) is 0 Å². The third-order valence-corrected chi connectivity index (χ3v) is 7.66. The predicted octanol–water partition coefficient (Wildman–Crippen LogP) is 4.38. The number of nitrogens with zero attached hydrogens (tertiary/aromatic N) is 1. The predicted molar refractivity (Wildman–Crippen MR) is 165 cm³/mol. The van der Waals surface area contributed by atoms with E-state index < -0.39 is 6.04 Å². The van der Waals surface area contributed by atoms with E-state index in [0.29, 0.717) is 61.1 Å². The van der Waals surface area contributed by atoms with Crippen LogP contribution in [0, 0.1) is 5.41 Å². The first-order chi connectivity index (χ1) is 19.8. The van der Waals surface area contributed by atoms with Crippen LogP contribution in [0.15, 0.2) is 78.9 Å². The largest absolute Gasteiger partial charge is 0.370 e. The topological polar surface area (TPSA) is 123 Å². The maximum absolute atomic E-state index is 13.9. The number of nitrogens with two attached hydrogens (primary N) is 1. The molecular formula is C31H36Cl2N6O2. The number of amides is 2. The minimum absolute atomic E-state index is 0.0187. The summed E-state index contributed by atoms with van der Waals surface area (Å²) in [7, 11) is 0. The van der Waals surface area contributed by atoms with E-state index in [2.05, 4.69) is 40.2 Å². The van der Waals surface area contributed by atoms with Gasteiger partial charge in [0.05, 0.1) is 6.04 Å². The summed E-state index contributed by atoms with van der Waals surface area (Å²) in [6.45, 7) is 1.92. The van der Waals surface area contributed by atoms with Crippen molar-refractivity contribution in [1.82, 2.24) is 20.9 Å². The average molecular weight is 596 g/mol. The van der Waals surface area contributed by atoms with Crippen molar-refractivity contribution in [3.05, 3.63) is 106 Å². The Morgan fingerprint density at radius 1 is 1.00 bits per heavy atom. The van der Waals surface area contributed by atoms with E-state index in [0.717, 1.165) is 11.1 Å². The minimum atomic E-state index is -0.444. The second-order valence-corrected chi connectivity index (χ2v) is 11.1. The molecule has 0 spiro atoms. The quantitative estimate of drug-likeness (QED) is 0.128. The molecule has 0 aliphatic carbocycles. The fourth-order valence-electron chi connectivity index (χ4n) is 5.16. The Balaban J connectivity index is 1.50. The van der Waals surface area contributed by atoms with Gasteiger partial charge in [-0.1, -0.05) is 83.9 Å². The van der Waals surface area contributed by atoms with Crippen LogP contribution < -0.4 is 21.7 Å². The summed E-state index contributed by atoms with van der Waals surface area (Å²) in [5.74, 6) is -0.327. The molecule has 6 N–H and O–H groups in total. The van der Waals surface area contributed by atoms with Crippen molar-refractivity contribution in [3.8, 4) is 0 Å².